The average Bonchev–Trinajstić information content (AvgIpc) is 2.11. The van der Waals surface area contributed by atoms with Crippen molar-refractivity contribution < 1.29 is 72.9 Å². The molecule has 15 heavy (non-hydrogen) atoms. The number of rotatable bonds is 3. The minimum atomic E-state index is -1.10. The van der Waals surface area contributed by atoms with Crippen molar-refractivity contribution in [1.29, 1.82) is 0 Å². The van der Waals surface area contributed by atoms with Gasteiger partial charge in [-0.15, -0.1) is 0 Å². The van der Waals surface area contributed by atoms with Crippen molar-refractivity contribution in [3.63, 3.8) is 0 Å². The van der Waals surface area contributed by atoms with Gasteiger partial charge >= 0.3 is 57.4 Å². The molecule has 0 fully saturated rings. The molecule has 0 aliphatic rings. The number of phenols is 2. The van der Waals surface area contributed by atoms with Crippen molar-refractivity contribution in [2.24, 2.45) is 5.73 Å². The number of hydrogen-bond acceptors (Lipinski definition) is 4. The van der Waals surface area contributed by atoms with Gasteiger partial charge in [-0.05, 0) is 24.1 Å². The second kappa shape index (κ2) is 6.46. The van der Waals surface area contributed by atoms with Crippen molar-refractivity contribution in [1.82, 2.24) is 0 Å². The molecule has 0 saturated heterocycles. The zero-order chi connectivity index (χ0) is 10.7. The molecule has 0 aromatic heterocycles. The van der Waals surface area contributed by atoms with Gasteiger partial charge in [-0.1, -0.05) is 6.07 Å². The maximum atomic E-state index is 10.4. The number of carbonyl (C=O) groups is 1. The van der Waals surface area contributed by atoms with Gasteiger partial charge in [0.2, 0.25) is 0 Å². The predicted molar refractivity (Wildman–Crippen MR) is 50.2 cm³/mol. The van der Waals surface area contributed by atoms with Crippen LogP contribution in [0.3, 0.4) is 0 Å². The molecule has 78 valence electrons. The van der Waals surface area contributed by atoms with Crippen molar-refractivity contribution in [2.45, 2.75) is 12.5 Å². The van der Waals surface area contributed by atoms with Gasteiger partial charge in [0.1, 0.15) is 6.04 Å². The van der Waals surface area contributed by atoms with Crippen LogP contribution < -0.4 is 57.1 Å². The summed E-state index contributed by atoms with van der Waals surface area (Å²) >= 11 is 0. The summed E-state index contributed by atoms with van der Waals surface area (Å²) in [6.45, 7) is 0. The summed E-state index contributed by atoms with van der Waals surface area (Å²) in [5.74, 6) is -1.62. The standard InChI is InChI=1S/C9H11NO4.K.H/c10-6(9(13)14)3-5-1-2-7(11)8(12)4-5;;/h1-2,4,6,11-12H,3,10H2,(H,13,14);;/q;+1;-1. The quantitative estimate of drug-likeness (QED) is 0.335. The van der Waals surface area contributed by atoms with Gasteiger partial charge in [0.15, 0.2) is 11.5 Å². The zero-order valence-electron chi connectivity index (χ0n) is 9.34. The maximum Gasteiger partial charge on any atom is 1.00 e. The number of carboxylic acids is 1. The van der Waals surface area contributed by atoms with Crippen molar-refractivity contribution in [3.8, 4) is 11.5 Å². The number of benzene rings is 1. The fraction of sp³-hybridized carbons (Fsp3) is 0.222. The molecular weight excluding hydrogens is 225 g/mol. The van der Waals surface area contributed by atoms with Crippen LogP contribution in [0.15, 0.2) is 18.2 Å². The third kappa shape index (κ3) is 4.50. The van der Waals surface area contributed by atoms with E-state index < -0.39 is 12.0 Å². The van der Waals surface area contributed by atoms with Crippen LogP contribution in [-0.4, -0.2) is 27.3 Å². The van der Waals surface area contributed by atoms with Gasteiger partial charge < -0.3 is 22.5 Å². The summed E-state index contributed by atoms with van der Waals surface area (Å²) in [7, 11) is 0. The van der Waals surface area contributed by atoms with Crippen LogP contribution in [-0.2, 0) is 11.2 Å². The Kier molecular flexibility index (Phi) is 6.42. The Labute approximate surface area is 131 Å². The van der Waals surface area contributed by atoms with E-state index in [0.29, 0.717) is 5.56 Å². The largest absolute Gasteiger partial charge is 1.00 e. The second-order valence-corrected chi connectivity index (χ2v) is 2.97. The molecule has 1 rings (SSSR count). The van der Waals surface area contributed by atoms with E-state index in [4.69, 9.17) is 21.1 Å². The summed E-state index contributed by atoms with van der Waals surface area (Å²) in [5, 5.41) is 26.6. The van der Waals surface area contributed by atoms with Gasteiger partial charge in [-0.25, -0.2) is 0 Å². The molecule has 5 nitrogen and oxygen atoms in total. The Morgan fingerprint density at radius 1 is 1.40 bits per heavy atom. The molecule has 6 heteroatoms. The van der Waals surface area contributed by atoms with E-state index in [1.807, 2.05) is 0 Å². The minimum Gasteiger partial charge on any atom is -1.00 e. The van der Waals surface area contributed by atoms with Crippen LogP contribution in [0.1, 0.15) is 6.99 Å². The topological polar surface area (TPSA) is 104 Å². The van der Waals surface area contributed by atoms with Crippen molar-refractivity contribution in [2.75, 3.05) is 0 Å². The maximum absolute atomic E-state index is 10.4. The Morgan fingerprint density at radius 2 is 2.00 bits per heavy atom. The number of nitrogens with two attached hydrogens (primary N) is 1. The molecule has 0 amide bonds. The van der Waals surface area contributed by atoms with E-state index in [-0.39, 0.29) is 70.7 Å². The Balaban J connectivity index is 0. The van der Waals surface area contributed by atoms with Gasteiger partial charge in [0.05, 0.1) is 0 Å². The monoisotopic (exact) mass is 237 g/mol. The first-order valence-electron chi connectivity index (χ1n) is 4.00. The molecular formula is C9H12KNO4. The fourth-order valence-corrected chi connectivity index (χ4v) is 1.04. The smallest absolute Gasteiger partial charge is 1.00 e. The molecule has 0 heterocycles. The Morgan fingerprint density at radius 3 is 2.47 bits per heavy atom. The molecule has 1 atom stereocenters. The number of aliphatic carboxylic acids is 1. The first-order valence-corrected chi connectivity index (χ1v) is 4.00. The number of aromatic hydroxyl groups is 2. The summed E-state index contributed by atoms with van der Waals surface area (Å²) in [6, 6.07) is 3.09. The first-order chi connectivity index (χ1) is 6.50. The van der Waals surface area contributed by atoms with Crippen LogP contribution in [0.5, 0.6) is 11.5 Å². The van der Waals surface area contributed by atoms with E-state index in [0.717, 1.165) is 0 Å². The van der Waals surface area contributed by atoms with Gasteiger partial charge in [-0.2, -0.15) is 0 Å². The molecule has 1 aromatic rings. The SMILES string of the molecule is NC(Cc1ccc(O)c(O)c1)C(=O)O.[H-].[K+]. The van der Waals surface area contributed by atoms with Crippen molar-refractivity contribution >= 4 is 5.97 Å². The normalized spacial score (nSPS) is 11.5. The number of hydrogen-bond donors (Lipinski definition) is 4. The first kappa shape index (κ1) is 14.9. The molecule has 5 N–H and O–H groups in total. The molecule has 0 aliphatic heterocycles. The molecule has 0 bridgehead atoms. The molecule has 0 radical (unpaired) electrons. The van der Waals surface area contributed by atoms with Crippen molar-refractivity contribution in [3.05, 3.63) is 23.8 Å². The van der Waals surface area contributed by atoms with Crippen LogP contribution in [0.2, 0.25) is 0 Å². The Bertz CT molecular complexity index is 361. The molecule has 0 aliphatic carbocycles. The summed E-state index contributed by atoms with van der Waals surface area (Å²) in [5.41, 5.74) is 5.86. The average molecular weight is 237 g/mol. The number of carboxylic acid groups (broad SMARTS) is 1. The molecule has 1 unspecified atom stereocenters. The van der Waals surface area contributed by atoms with E-state index in [9.17, 15) is 4.79 Å². The minimum absolute atomic E-state index is 0. The summed E-state index contributed by atoms with van der Waals surface area (Å²) < 4.78 is 0. The Hall–Kier alpha value is -0.114. The van der Waals surface area contributed by atoms with E-state index in [1.165, 1.54) is 18.2 Å². The van der Waals surface area contributed by atoms with Crippen LogP contribution in [0.4, 0.5) is 0 Å². The van der Waals surface area contributed by atoms with Crippen LogP contribution in [0.25, 0.3) is 0 Å². The number of phenolic OH excluding ortho intramolecular Hbond substituents is 2. The van der Waals surface area contributed by atoms with E-state index in [2.05, 4.69) is 0 Å². The van der Waals surface area contributed by atoms with E-state index >= 15 is 0 Å². The van der Waals surface area contributed by atoms with E-state index in [1.54, 1.807) is 0 Å². The van der Waals surface area contributed by atoms with Crippen LogP contribution >= 0.6 is 0 Å². The third-order valence-electron chi connectivity index (χ3n) is 1.81. The van der Waals surface area contributed by atoms with Gasteiger partial charge in [0.25, 0.3) is 0 Å². The predicted octanol–water partition coefficient (Wildman–Crippen LogP) is -2.83. The zero-order valence-corrected chi connectivity index (χ0v) is 11.5. The van der Waals surface area contributed by atoms with Crippen LogP contribution in [0, 0.1) is 0 Å². The fourth-order valence-electron chi connectivity index (χ4n) is 1.04. The van der Waals surface area contributed by atoms with Gasteiger partial charge in [0, 0.05) is 0 Å². The molecule has 0 spiro atoms. The summed E-state index contributed by atoms with van der Waals surface area (Å²) in [6.07, 6.45) is 0.114. The van der Waals surface area contributed by atoms with Gasteiger partial charge in [-0.3, -0.25) is 4.79 Å². The third-order valence-corrected chi connectivity index (χ3v) is 1.81. The molecule has 0 saturated carbocycles. The summed E-state index contributed by atoms with van der Waals surface area (Å²) in [4.78, 5) is 10.4. The molecule has 1 aromatic carbocycles. The second-order valence-electron chi connectivity index (χ2n) is 2.97.